The van der Waals surface area contributed by atoms with Crippen molar-refractivity contribution in [2.24, 2.45) is 5.92 Å². The standard InChI is InChI=1S/C12H18N2O2/c1-14(2)7-9-5-10-8(6-11(9)15)3-4-12(16)13-10/h7-8,10H,3-6H2,1-2H3,(H,13,16). The van der Waals surface area contributed by atoms with E-state index in [2.05, 4.69) is 5.32 Å². The van der Waals surface area contributed by atoms with Gasteiger partial charge in [0, 0.05) is 44.8 Å². The number of rotatable bonds is 1. The zero-order chi connectivity index (χ0) is 11.7. The molecule has 1 saturated carbocycles. The number of hydrogen-bond acceptors (Lipinski definition) is 3. The molecule has 0 bridgehead atoms. The molecule has 0 spiro atoms. The van der Waals surface area contributed by atoms with Gasteiger partial charge in [0.1, 0.15) is 0 Å². The Labute approximate surface area is 95.7 Å². The number of Topliss-reactive ketones (excluding diaryl/α,β-unsaturated/α-hetero) is 1. The van der Waals surface area contributed by atoms with Gasteiger partial charge in [0.15, 0.2) is 5.78 Å². The minimum atomic E-state index is 0.125. The minimum Gasteiger partial charge on any atom is -0.383 e. The zero-order valence-corrected chi connectivity index (χ0v) is 9.82. The molecule has 2 rings (SSSR count). The summed E-state index contributed by atoms with van der Waals surface area (Å²) in [6.07, 6.45) is 4.58. The van der Waals surface area contributed by atoms with Gasteiger partial charge >= 0.3 is 0 Å². The quantitative estimate of drug-likeness (QED) is 0.664. The number of carbonyl (C=O) groups is 2. The third kappa shape index (κ3) is 2.26. The molecule has 16 heavy (non-hydrogen) atoms. The van der Waals surface area contributed by atoms with Crippen molar-refractivity contribution in [2.45, 2.75) is 31.7 Å². The van der Waals surface area contributed by atoms with E-state index in [-0.39, 0.29) is 17.7 Å². The molecule has 2 fully saturated rings. The molecule has 1 aliphatic carbocycles. The summed E-state index contributed by atoms with van der Waals surface area (Å²) in [7, 11) is 3.82. The first-order chi connectivity index (χ1) is 7.56. The molecule has 88 valence electrons. The van der Waals surface area contributed by atoms with Gasteiger partial charge in [-0.15, -0.1) is 0 Å². The summed E-state index contributed by atoms with van der Waals surface area (Å²) in [5.74, 6) is 0.718. The number of ketones is 1. The lowest BCUT2D eigenvalue weighted by Gasteiger charge is -2.36. The normalized spacial score (nSPS) is 32.2. The summed E-state index contributed by atoms with van der Waals surface area (Å²) in [4.78, 5) is 25.0. The Kier molecular flexibility index (Phi) is 2.99. The highest BCUT2D eigenvalue weighted by molar-refractivity contribution is 5.96. The van der Waals surface area contributed by atoms with Gasteiger partial charge in [-0.05, 0) is 18.8 Å². The molecular weight excluding hydrogens is 204 g/mol. The van der Waals surface area contributed by atoms with E-state index in [1.54, 1.807) is 0 Å². The van der Waals surface area contributed by atoms with Gasteiger partial charge in [-0.2, -0.15) is 0 Å². The van der Waals surface area contributed by atoms with Crippen LogP contribution in [0.15, 0.2) is 11.8 Å². The fourth-order valence-electron chi connectivity index (χ4n) is 2.53. The maximum atomic E-state index is 11.9. The molecule has 1 saturated heterocycles. The molecular formula is C12H18N2O2. The van der Waals surface area contributed by atoms with E-state index in [9.17, 15) is 9.59 Å². The van der Waals surface area contributed by atoms with Crippen LogP contribution in [0.1, 0.15) is 25.7 Å². The monoisotopic (exact) mass is 222 g/mol. The summed E-state index contributed by atoms with van der Waals surface area (Å²) in [5.41, 5.74) is 0.841. The Hall–Kier alpha value is -1.32. The Balaban J connectivity index is 2.11. The molecule has 1 N–H and O–H groups in total. The van der Waals surface area contributed by atoms with Crippen LogP contribution in [0.2, 0.25) is 0 Å². The number of piperidine rings is 1. The van der Waals surface area contributed by atoms with Crippen LogP contribution in [-0.2, 0) is 9.59 Å². The molecule has 2 atom stereocenters. The largest absolute Gasteiger partial charge is 0.383 e. The van der Waals surface area contributed by atoms with Crippen LogP contribution >= 0.6 is 0 Å². The van der Waals surface area contributed by atoms with Crippen molar-refractivity contribution < 1.29 is 9.59 Å². The maximum absolute atomic E-state index is 11.9. The van der Waals surface area contributed by atoms with E-state index in [1.165, 1.54) is 0 Å². The number of hydrogen-bond donors (Lipinski definition) is 1. The van der Waals surface area contributed by atoms with Crippen molar-refractivity contribution in [1.29, 1.82) is 0 Å². The molecule has 0 aromatic carbocycles. The van der Waals surface area contributed by atoms with Gasteiger partial charge in [0.2, 0.25) is 5.91 Å². The lowest BCUT2D eigenvalue weighted by Crippen LogP contribution is -2.48. The highest BCUT2D eigenvalue weighted by Gasteiger charge is 2.36. The van der Waals surface area contributed by atoms with Gasteiger partial charge in [-0.1, -0.05) is 0 Å². The molecule has 0 radical (unpaired) electrons. The van der Waals surface area contributed by atoms with Gasteiger partial charge in [0.05, 0.1) is 0 Å². The summed E-state index contributed by atoms with van der Waals surface area (Å²) < 4.78 is 0. The molecule has 1 heterocycles. The second-order valence-electron chi connectivity index (χ2n) is 4.92. The molecule has 4 heteroatoms. The van der Waals surface area contributed by atoms with E-state index >= 15 is 0 Å². The second kappa shape index (κ2) is 4.28. The first kappa shape index (κ1) is 11.2. The zero-order valence-electron chi connectivity index (χ0n) is 9.82. The summed E-state index contributed by atoms with van der Waals surface area (Å²) in [6, 6.07) is 0.171. The first-order valence-electron chi connectivity index (χ1n) is 5.76. The van der Waals surface area contributed by atoms with Crippen LogP contribution in [0.3, 0.4) is 0 Å². The minimum absolute atomic E-state index is 0.125. The lowest BCUT2D eigenvalue weighted by atomic mass is 9.76. The summed E-state index contributed by atoms with van der Waals surface area (Å²) in [6.45, 7) is 0. The molecule has 1 aliphatic heterocycles. The predicted molar refractivity (Wildman–Crippen MR) is 60.7 cm³/mol. The van der Waals surface area contributed by atoms with Crippen molar-refractivity contribution in [1.82, 2.24) is 10.2 Å². The van der Waals surface area contributed by atoms with Crippen molar-refractivity contribution in [2.75, 3.05) is 14.1 Å². The van der Waals surface area contributed by atoms with Gasteiger partial charge in [0.25, 0.3) is 0 Å². The van der Waals surface area contributed by atoms with Gasteiger partial charge in [-0.25, -0.2) is 0 Å². The molecule has 0 aromatic rings. The summed E-state index contributed by atoms with van der Waals surface area (Å²) in [5, 5.41) is 2.99. The van der Waals surface area contributed by atoms with E-state index in [1.807, 2.05) is 25.2 Å². The Morgan fingerprint density at radius 1 is 1.31 bits per heavy atom. The average Bonchev–Trinajstić information content (AvgIpc) is 2.19. The van der Waals surface area contributed by atoms with E-state index in [0.29, 0.717) is 25.2 Å². The number of amides is 1. The topological polar surface area (TPSA) is 49.4 Å². The Morgan fingerprint density at radius 2 is 2.06 bits per heavy atom. The van der Waals surface area contributed by atoms with Crippen molar-refractivity contribution in [3.05, 3.63) is 11.8 Å². The maximum Gasteiger partial charge on any atom is 0.220 e. The van der Waals surface area contributed by atoms with Crippen molar-refractivity contribution in [3.63, 3.8) is 0 Å². The molecule has 4 nitrogen and oxygen atoms in total. The Bertz CT molecular complexity index is 347. The van der Waals surface area contributed by atoms with Crippen molar-refractivity contribution in [3.8, 4) is 0 Å². The second-order valence-corrected chi connectivity index (χ2v) is 4.92. The average molecular weight is 222 g/mol. The van der Waals surface area contributed by atoms with Gasteiger partial charge < -0.3 is 10.2 Å². The van der Waals surface area contributed by atoms with Crippen LogP contribution in [0, 0.1) is 5.92 Å². The van der Waals surface area contributed by atoms with Crippen LogP contribution < -0.4 is 5.32 Å². The molecule has 0 aromatic heterocycles. The van der Waals surface area contributed by atoms with Crippen LogP contribution in [-0.4, -0.2) is 36.7 Å². The molecule has 2 aliphatic rings. The number of carbonyl (C=O) groups excluding carboxylic acids is 2. The van der Waals surface area contributed by atoms with E-state index < -0.39 is 0 Å². The lowest BCUT2D eigenvalue weighted by molar-refractivity contribution is -0.127. The SMILES string of the molecule is CN(C)C=C1CC2NC(=O)CCC2CC1=O. The predicted octanol–water partition coefficient (Wildman–Crippen LogP) is 0.690. The third-order valence-electron chi connectivity index (χ3n) is 3.32. The van der Waals surface area contributed by atoms with Crippen LogP contribution in [0.4, 0.5) is 0 Å². The number of nitrogens with zero attached hydrogens (tertiary/aromatic N) is 1. The fourth-order valence-corrected chi connectivity index (χ4v) is 2.53. The van der Waals surface area contributed by atoms with E-state index in [4.69, 9.17) is 0 Å². The summed E-state index contributed by atoms with van der Waals surface area (Å²) >= 11 is 0. The number of nitrogens with one attached hydrogen (secondary N) is 1. The molecule has 2 unspecified atom stereocenters. The fraction of sp³-hybridized carbons (Fsp3) is 0.667. The van der Waals surface area contributed by atoms with Crippen molar-refractivity contribution >= 4 is 11.7 Å². The third-order valence-corrected chi connectivity index (χ3v) is 3.32. The van der Waals surface area contributed by atoms with Crippen LogP contribution in [0.5, 0.6) is 0 Å². The van der Waals surface area contributed by atoms with E-state index in [0.717, 1.165) is 12.0 Å². The van der Waals surface area contributed by atoms with Crippen LogP contribution in [0.25, 0.3) is 0 Å². The number of fused-ring (bicyclic) bond motifs is 1. The van der Waals surface area contributed by atoms with Gasteiger partial charge in [-0.3, -0.25) is 9.59 Å². The smallest absolute Gasteiger partial charge is 0.220 e. The highest BCUT2D eigenvalue weighted by Crippen LogP contribution is 2.31. The molecule has 1 amide bonds. The first-order valence-corrected chi connectivity index (χ1v) is 5.76. The highest BCUT2D eigenvalue weighted by atomic mass is 16.2. The Morgan fingerprint density at radius 3 is 2.75 bits per heavy atom.